The number of aromatic nitrogens is 1. The molecule has 13 heavy (non-hydrogen) atoms. The molecule has 1 aromatic rings. The summed E-state index contributed by atoms with van der Waals surface area (Å²) in [6.07, 6.45) is -1.70. The average Bonchev–Trinajstić information content (AvgIpc) is 2.09. The zero-order valence-electron chi connectivity index (χ0n) is 6.06. The van der Waals surface area contributed by atoms with Crippen LogP contribution in [0.4, 0.5) is 8.78 Å². The summed E-state index contributed by atoms with van der Waals surface area (Å²) < 4.78 is 24.7. The van der Waals surface area contributed by atoms with Crippen molar-refractivity contribution in [3.05, 3.63) is 26.9 Å². The number of hydrogen-bond acceptors (Lipinski definition) is 2. The van der Waals surface area contributed by atoms with E-state index in [1.165, 1.54) is 0 Å². The third-order valence-electron chi connectivity index (χ3n) is 1.32. The quantitative estimate of drug-likeness (QED) is 0.783. The second-order valence-corrected chi connectivity index (χ2v) is 3.29. The molecule has 68 valence electrons. The van der Waals surface area contributed by atoms with E-state index >= 15 is 0 Å². The van der Waals surface area contributed by atoms with Crippen molar-refractivity contribution in [2.45, 2.75) is 6.43 Å². The maximum absolute atomic E-state index is 12.2. The van der Waals surface area contributed by atoms with E-state index in [9.17, 15) is 8.78 Å². The molecular formula is C7H2BrClF2N2. The van der Waals surface area contributed by atoms with Crippen molar-refractivity contribution >= 4 is 27.5 Å². The predicted molar refractivity (Wildman–Crippen MR) is 46.6 cm³/mol. The fourth-order valence-electron chi connectivity index (χ4n) is 0.751. The van der Waals surface area contributed by atoms with E-state index in [4.69, 9.17) is 16.9 Å². The first-order chi connectivity index (χ1) is 6.07. The number of nitriles is 1. The van der Waals surface area contributed by atoms with E-state index in [1.54, 1.807) is 6.07 Å². The van der Waals surface area contributed by atoms with Crippen molar-refractivity contribution in [3.8, 4) is 6.07 Å². The van der Waals surface area contributed by atoms with Gasteiger partial charge in [0.1, 0.15) is 11.8 Å². The highest BCUT2D eigenvalue weighted by molar-refractivity contribution is 9.10. The van der Waals surface area contributed by atoms with Gasteiger partial charge in [-0.05, 0) is 15.9 Å². The SMILES string of the molecule is N#Cc1c(C(F)F)ncc(Cl)c1Br. The van der Waals surface area contributed by atoms with Gasteiger partial charge in [0.05, 0.1) is 15.1 Å². The Kier molecular flexibility index (Phi) is 3.17. The maximum atomic E-state index is 12.2. The molecule has 0 aliphatic rings. The van der Waals surface area contributed by atoms with E-state index in [0.29, 0.717) is 0 Å². The van der Waals surface area contributed by atoms with Crippen LogP contribution in [0.25, 0.3) is 0 Å². The van der Waals surface area contributed by atoms with E-state index in [1.807, 2.05) is 0 Å². The van der Waals surface area contributed by atoms with E-state index < -0.39 is 12.1 Å². The smallest absolute Gasteiger partial charge is 0.252 e. The van der Waals surface area contributed by atoms with Gasteiger partial charge in [-0.1, -0.05) is 11.6 Å². The number of rotatable bonds is 1. The summed E-state index contributed by atoms with van der Waals surface area (Å²) in [4.78, 5) is 3.37. The Balaban J connectivity index is 3.41. The summed E-state index contributed by atoms with van der Waals surface area (Å²) in [6.45, 7) is 0. The fraction of sp³-hybridized carbons (Fsp3) is 0.143. The van der Waals surface area contributed by atoms with E-state index in [2.05, 4.69) is 20.9 Å². The van der Waals surface area contributed by atoms with E-state index in [-0.39, 0.29) is 15.1 Å². The molecule has 0 aromatic carbocycles. The van der Waals surface area contributed by atoms with Crippen molar-refractivity contribution in [3.63, 3.8) is 0 Å². The van der Waals surface area contributed by atoms with Crippen LogP contribution in [0.2, 0.25) is 5.02 Å². The van der Waals surface area contributed by atoms with Crippen LogP contribution in [0.5, 0.6) is 0 Å². The molecule has 6 heteroatoms. The molecule has 0 amide bonds. The molecule has 1 heterocycles. The van der Waals surface area contributed by atoms with Crippen LogP contribution in [0, 0.1) is 11.3 Å². The molecule has 0 aliphatic heterocycles. The first-order valence-electron chi connectivity index (χ1n) is 3.10. The highest BCUT2D eigenvalue weighted by atomic mass is 79.9. The van der Waals surface area contributed by atoms with E-state index in [0.717, 1.165) is 6.20 Å². The topological polar surface area (TPSA) is 36.7 Å². The number of alkyl halides is 2. The van der Waals surface area contributed by atoms with Crippen molar-refractivity contribution < 1.29 is 8.78 Å². The van der Waals surface area contributed by atoms with Gasteiger partial charge in [-0.2, -0.15) is 5.26 Å². The van der Waals surface area contributed by atoms with Gasteiger partial charge in [-0.15, -0.1) is 0 Å². The van der Waals surface area contributed by atoms with Crippen LogP contribution in [0.1, 0.15) is 17.7 Å². The number of hydrogen-bond donors (Lipinski definition) is 0. The minimum atomic E-state index is -2.77. The molecular weight excluding hydrogens is 265 g/mol. The zero-order chi connectivity index (χ0) is 10.0. The highest BCUT2D eigenvalue weighted by Crippen LogP contribution is 2.31. The lowest BCUT2D eigenvalue weighted by Crippen LogP contribution is -1.96. The summed E-state index contributed by atoms with van der Waals surface area (Å²) in [5.41, 5.74) is -0.777. The molecule has 0 fully saturated rings. The Morgan fingerprint density at radius 1 is 1.62 bits per heavy atom. The van der Waals surface area contributed by atoms with Crippen molar-refractivity contribution in [2.75, 3.05) is 0 Å². The molecule has 0 saturated heterocycles. The Bertz CT molecular complexity index is 375. The van der Waals surface area contributed by atoms with Gasteiger partial charge in [0, 0.05) is 6.20 Å². The molecule has 0 spiro atoms. The lowest BCUT2D eigenvalue weighted by Gasteiger charge is -2.03. The van der Waals surface area contributed by atoms with Crippen molar-refractivity contribution in [1.29, 1.82) is 5.26 Å². The lowest BCUT2D eigenvalue weighted by atomic mass is 10.2. The summed E-state index contributed by atoms with van der Waals surface area (Å²) >= 11 is 8.50. The molecule has 0 bridgehead atoms. The first kappa shape index (κ1) is 10.4. The largest absolute Gasteiger partial charge is 0.281 e. The zero-order valence-corrected chi connectivity index (χ0v) is 8.40. The number of halogens is 4. The molecule has 2 nitrogen and oxygen atoms in total. The van der Waals surface area contributed by atoms with Crippen LogP contribution in [-0.2, 0) is 0 Å². The Morgan fingerprint density at radius 3 is 2.69 bits per heavy atom. The molecule has 0 radical (unpaired) electrons. The third-order valence-corrected chi connectivity index (χ3v) is 2.66. The monoisotopic (exact) mass is 266 g/mol. The van der Waals surface area contributed by atoms with Crippen LogP contribution < -0.4 is 0 Å². The van der Waals surface area contributed by atoms with Gasteiger partial charge in [0.15, 0.2) is 0 Å². The van der Waals surface area contributed by atoms with Gasteiger partial charge < -0.3 is 0 Å². The summed E-state index contributed by atoms with van der Waals surface area (Å²) in [5.74, 6) is 0. The van der Waals surface area contributed by atoms with Crippen LogP contribution >= 0.6 is 27.5 Å². The Morgan fingerprint density at radius 2 is 2.23 bits per heavy atom. The summed E-state index contributed by atoms with van der Waals surface area (Å²) in [7, 11) is 0. The minimum absolute atomic E-state index is 0.140. The Labute approximate surface area is 86.3 Å². The van der Waals surface area contributed by atoms with Gasteiger partial charge >= 0.3 is 0 Å². The first-order valence-corrected chi connectivity index (χ1v) is 4.27. The highest BCUT2D eigenvalue weighted by Gasteiger charge is 2.18. The standard InChI is InChI=1S/C7H2BrClF2N2/c8-5-3(1-12)6(7(10)11)13-2-4(5)9/h2,7H. The normalized spacial score (nSPS) is 10.2. The second-order valence-electron chi connectivity index (χ2n) is 2.09. The molecule has 0 atom stereocenters. The van der Waals surface area contributed by atoms with Gasteiger partial charge in [-0.3, -0.25) is 4.98 Å². The Hall–Kier alpha value is -0.730. The van der Waals surface area contributed by atoms with Crippen LogP contribution in [0.15, 0.2) is 10.7 Å². The van der Waals surface area contributed by atoms with Crippen LogP contribution in [-0.4, -0.2) is 4.98 Å². The fourth-order valence-corrected chi connectivity index (χ4v) is 1.29. The van der Waals surface area contributed by atoms with Gasteiger partial charge in [-0.25, -0.2) is 8.78 Å². The second kappa shape index (κ2) is 3.99. The summed E-state index contributed by atoms with van der Waals surface area (Å²) in [5, 5.41) is 8.70. The lowest BCUT2D eigenvalue weighted by molar-refractivity contribution is 0.145. The van der Waals surface area contributed by atoms with Gasteiger partial charge in [0.2, 0.25) is 0 Å². The predicted octanol–water partition coefficient (Wildman–Crippen LogP) is 3.31. The minimum Gasteiger partial charge on any atom is -0.252 e. The molecule has 0 saturated carbocycles. The molecule has 0 N–H and O–H groups in total. The molecule has 1 aromatic heterocycles. The number of nitrogens with zero attached hydrogens (tertiary/aromatic N) is 2. The molecule has 0 unspecified atom stereocenters. The molecule has 0 aliphatic carbocycles. The van der Waals surface area contributed by atoms with Crippen molar-refractivity contribution in [1.82, 2.24) is 4.98 Å². The third kappa shape index (κ3) is 1.95. The van der Waals surface area contributed by atoms with Crippen molar-refractivity contribution in [2.24, 2.45) is 0 Å². The number of pyridine rings is 1. The molecule has 1 rings (SSSR count). The van der Waals surface area contributed by atoms with Crippen LogP contribution in [0.3, 0.4) is 0 Å². The summed E-state index contributed by atoms with van der Waals surface area (Å²) in [6, 6.07) is 1.61. The average molecular weight is 267 g/mol. The van der Waals surface area contributed by atoms with Gasteiger partial charge in [0.25, 0.3) is 6.43 Å². The maximum Gasteiger partial charge on any atom is 0.281 e.